The molecule has 0 bridgehead atoms. The number of rotatable bonds is 10. The lowest BCUT2D eigenvalue weighted by Gasteiger charge is -2.23. The largest absolute Gasteiger partial charge is 0.465 e. The van der Waals surface area contributed by atoms with Gasteiger partial charge in [0.15, 0.2) is 0 Å². The van der Waals surface area contributed by atoms with Crippen molar-refractivity contribution in [2.75, 3.05) is 33.5 Å². The highest BCUT2D eigenvalue weighted by Gasteiger charge is 2.30. The van der Waals surface area contributed by atoms with E-state index in [1.165, 1.54) is 0 Å². The molecule has 4 nitrogen and oxygen atoms in total. The zero-order valence-corrected chi connectivity index (χ0v) is 11.2. The first-order valence-electron chi connectivity index (χ1n) is 5.98. The van der Waals surface area contributed by atoms with E-state index in [2.05, 4.69) is 6.58 Å². The van der Waals surface area contributed by atoms with Crippen molar-refractivity contribution in [3.05, 3.63) is 12.7 Å². The van der Waals surface area contributed by atoms with Crippen molar-refractivity contribution in [3.63, 3.8) is 0 Å². The second-order valence-electron chi connectivity index (χ2n) is 4.05. The zero-order chi connectivity index (χ0) is 13.1. The monoisotopic (exact) mass is 244 g/mol. The summed E-state index contributed by atoms with van der Waals surface area (Å²) in [7, 11) is 1.66. The summed E-state index contributed by atoms with van der Waals surface area (Å²) in [6.07, 6.45) is 3.08. The van der Waals surface area contributed by atoms with Crippen molar-refractivity contribution >= 4 is 5.97 Å². The van der Waals surface area contributed by atoms with E-state index in [9.17, 15) is 4.79 Å². The minimum atomic E-state index is -0.655. The van der Waals surface area contributed by atoms with E-state index in [0.717, 1.165) is 6.42 Å². The lowest BCUT2D eigenvalue weighted by Crippen LogP contribution is -2.29. The van der Waals surface area contributed by atoms with E-state index < -0.39 is 5.41 Å². The first-order valence-corrected chi connectivity index (χ1v) is 5.98. The van der Waals surface area contributed by atoms with Gasteiger partial charge in [-0.05, 0) is 26.7 Å². The zero-order valence-electron chi connectivity index (χ0n) is 11.2. The molecule has 4 heteroatoms. The number of esters is 1. The summed E-state index contributed by atoms with van der Waals surface area (Å²) >= 11 is 0. The van der Waals surface area contributed by atoms with Gasteiger partial charge in [0.1, 0.15) is 0 Å². The molecule has 0 N–H and O–H groups in total. The van der Waals surface area contributed by atoms with Crippen molar-refractivity contribution in [3.8, 4) is 0 Å². The Morgan fingerprint density at radius 3 is 2.59 bits per heavy atom. The van der Waals surface area contributed by atoms with Crippen LogP contribution in [0.4, 0.5) is 0 Å². The predicted molar refractivity (Wildman–Crippen MR) is 66.9 cm³/mol. The molecule has 0 aliphatic heterocycles. The van der Waals surface area contributed by atoms with Crippen LogP contribution in [-0.2, 0) is 19.0 Å². The number of carbonyl (C=O) groups excluding carboxylic acids is 1. The Hall–Kier alpha value is -0.870. The fourth-order valence-electron chi connectivity index (χ4n) is 1.27. The van der Waals surface area contributed by atoms with Crippen LogP contribution in [0.25, 0.3) is 0 Å². The molecule has 0 aromatic rings. The predicted octanol–water partition coefficient (Wildman–Crippen LogP) is 2.18. The molecule has 0 aromatic carbocycles. The maximum Gasteiger partial charge on any atom is 0.315 e. The third-order valence-electron chi connectivity index (χ3n) is 2.60. The van der Waals surface area contributed by atoms with Gasteiger partial charge in [0, 0.05) is 26.9 Å². The van der Waals surface area contributed by atoms with Gasteiger partial charge in [-0.15, -0.1) is 6.58 Å². The van der Waals surface area contributed by atoms with Gasteiger partial charge in [-0.2, -0.15) is 0 Å². The first kappa shape index (κ1) is 16.1. The molecule has 0 rings (SSSR count). The highest BCUT2D eigenvalue weighted by Crippen LogP contribution is 2.24. The summed E-state index contributed by atoms with van der Waals surface area (Å²) in [5.41, 5.74) is -0.655. The molecule has 0 aliphatic carbocycles. The first-order chi connectivity index (χ1) is 8.10. The second-order valence-corrected chi connectivity index (χ2v) is 4.05. The molecular formula is C13H24O4. The lowest BCUT2D eigenvalue weighted by molar-refractivity contribution is -0.152. The van der Waals surface area contributed by atoms with Crippen LogP contribution in [0.2, 0.25) is 0 Å². The Morgan fingerprint density at radius 2 is 2.06 bits per heavy atom. The summed E-state index contributed by atoms with van der Waals surface area (Å²) in [5.74, 6) is -0.240. The molecule has 0 fully saturated rings. The quantitative estimate of drug-likeness (QED) is 0.336. The number of hydrogen-bond donors (Lipinski definition) is 0. The van der Waals surface area contributed by atoms with Gasteiger partial charge in [-0.25, -0.2) is 0 Å². The van der Waals surface area contributed by atoms with E-state index in [0.29, 0.717) is 32.8 Å². The Bertz CT molecular complexity index is 227. The van der Waals surface area contributed by atoms with Crippen molar-refractivity contribution in [2.24, 2.45) is 5.41 Å². The molecule has 0 amide bonds. The summed E-state index contributed by atoms with van der Waals surface area (Å²) in [6, 6.07) is 0. The fraction of sp³-hybridized carbons (Fsp3) is 0.769. The van der Waals surface area contributed by atoms with Gasteiger partial charge in [0.05, 0.1) is 12.0 Å². The van der Waals surface area contributed by atoms with Crippen molar-refractivity contribution in [2.45, 2.75) is 26.7 Å². The molecule has 0 saturated carbocycles. The number of carbonyl (C=O) groups is 1. The van der Waals surface area contributed by atoms with Crippen LogP contribution in [0.3, 0.4) is 0 Å². The summed E-state index contributed by atoms with van der Waals surface area (Å²) in [6.45, 7) is 9.54. The minimum absolute atomic E-state index is 0.240. The normalized spacial score (nSPS) is 14.1. The average Bonchev–Trinajstić information content (AvgIpc) is 2.33. The number of ether oxygens (including phenoxy) is 3. The number of methoxy groups -OCH3 is 1. The van der Waals surface area contributed by atoms with E-state index in [1.54, 1.807) is 20.1 Å². The topological polar surface area (TPSA) is 44.8 Å². The van der Waals surface area contributed by atoms with Crippen molar-refractivity contribution < 1.29 is 19.0 Å². The molecule has 0 aromatic heterocycles. The molecule has 100 valence electrons. The summed E-state index contributed by atoms with van der Waals surface area (Å²) in [5, 5.41) is 0. The third kappa shape index (κ3) is 6.44. The van der Waals surface area contributed by atoms with Gasteiger partial charge < -0.3 is 14.2 Å². The Balaban J connectivity index is 3.87. The van der Waals surface area contributed by atoms with Gasteiger partial charge in [0.25, 0.3) is 0 Å². The third-order valence-corrected chi connectivity index (χ3v) is 2.60. The standard InChI is InChI=1S/C13H24O4/c1-5-13(3,12(14)17-6-2)8-11-16-10-7-9-15-4/h5H,1,6-11H2,2-4H3. The van der Waals surface area contributed by atoms with Crippen molar-refractivity contribution in [1.29, 1.82) is 0 Å². The summed E-state index contributed by atoms with van der Waals surface area (Å²) in [4.78, 5) is 11.7. The van der Waals surface area contributed by atoms with E-state index >= 15 is 0 Å². The number of hydrogen-bond acceptors (Lipinski definition) is 4. The van der Waals surface area contributed by atoms with Crippen molar-refractivity contribution in [1.82, 2.24) is 0 Å². The Morgan fingerprint density at radius 1 is 1.35 bits per heavy atom. The van der Waals surface area contributed by atoms with Crippen LogP contribution in [0.1, 0.15) is 26.7 Å². The van der Waals surface area contributed by atoms with Gasteiger partial charge in [0.2, 0.25) is 0 Å². The molecule has 17 heavy (non-hydrogen) atoms. The van der Waals surface area contributed by atoms with Gasteiger partial charge in [-0.3, -0.25) is 4.79 Å². The van der Waals surface area contributed by atoms with Crippen LogP contribution in [0.15, 0.2) is 12.7 Å². The van der Waals surface area contributed by atoms with Crippen LogP contribution in [0, 0.1) is 5.41 Å². The van der Waals surface area contributed by atoms with E-state index in [-0.39, 0.29) is 5.97 Å². The fourth-order valence-corrected chi connectivity index (χ4v) is 1.27. The van der Waals surface area contributed by atoms with Crippen LogP contribution >= 0.6 is 0 Å². The lowest BCUT2D eigenvalue weighted by atomic mass is 9.87. The molecule has 0 aliphatic rings. The van der Waals surface area contributed by atoms with Crippen LogP contribution in [0.5, 0.6) is 0 Å². The molecular weight excluding hydrogens is 220 g/mol. The SMILES string of the molecule is C=CC(C)(CCOCCCOC)C(=O)OCC. The molecule has 1 unspecified atom stereocenters. The average molecular weight is 244 g/mol. The minimum Gasteiger partial charge on any atom is -0.465 e. The summed E-state index contributed by atoms with van der Waals surface area (Å²) < 4.78 is 15.3. The smallest absolute Gasteiger partial charge is 0.315 e. The van der Waals surface area contributed by atoms with Crippen LogP contribution in [-0.4, -0.2) is 39.5 Å². The van der Waals surface area contributed by atoms with Gasteiger partial charge >= 0.3 is 5.97 Å². The van der Waals surface area contributed by atoms with E-state index in [1.807, 2.05) is 6.92 Å². The molecule has 0 saturated heterocycles. The maximum absolute atomic E-state index is 11.7. The molecule has 0 heterocycles. The highest BCUT2D eigenvalue weighted by molar-refractivity contribution is 5.78. The second kappa shape index (κ2) is 9.19. The Kier molecular flexibility index (Phi) is 8.72. The Labute approximate surface area is 104 Å². The maximum atomic E-state index is 11.7. The van der Waals surface area contributed by atoms with Gasteiger partial charge in [-0.1, -0.05) is 6.08 Å². The van der Waals surface area contributed by atoms with Crippen LogP contribution < -0.4 is 0 Å². The van der Waals surface area contributed by atoms with E-state index in [4.69, 9.17) is 14.2 Å². The molecule has 0 radical (unpaired) electrons. The molecule has 1 atom stereocenters. The molecule has 0 spiro atoms. The highest BCUT2D eigenvalue weighted by atomic mass is 16.5.